The van der Waals surface area contributed by atoms with Gasteiger partial charge in [0.25, 0.3) is 0 Å². The highest BCUT2D eigenvalue weighted by molar-refractivity contribution is 6.17. The first-order chi connectivity index (χ1) is 22.8. The highest BCUT2D eigenvalue weighted by Gasteiger charge is 2.19. The van der Waals surface area contributed by atoms with Gasteiger partial charge in [0.15, 0.2) is 0 Å². The summed E-state index contributed by atoms with van der Waals surface area (Å²) in [6.45, 7) is 0. The van der Waals surface area contributed by atoms with Crippen molar-refractivity contribution in [1.29, 1.82) is 5.26 Å². The van der Waals surface area contributed by atoms with Crippen LogP contribution in [-0.2, 0) is 0 Å². The van der Waals surface area contributed by atoms with Crippen LogP contribution in [0.25, 0.3) is 77.2 Å². The van der Waals surface area contributed by atoms with E-state index in [1.54, 1.807) is 0 Å². The van der Waals surface area contributed by atoms with Gasteiger partial charge in [-0.1, -0.05) is 109 Å². The number of nitriles is 1. The third-order valence-electron chi connectivity index (χ3n) is 9.12. The monoisotopic (exact) mass is 585 g/mol. The van der Waals surface area contributed by atoms with Crippen molar-refractivity contribution < 1.29 is 0 Å². The Hall–Kier alpha value is -6.37. The average Bonchev–Trinajstić information content (AvgIpc) is 3.65. The van der Waals surface area contributed by atoms with Gasteiger partial charge in [-0.15, -0.1) is 0 Å². The Balaban J connectivity index is 1.30. The van der Waals surface area contributed by atoms with Crippen LogP contribution < -0.4 is 0 Å². The highest BCUT2D eigenvalue weighted by Crippen LogP contribution is 2.42. The molecule has 0 aliphatic heterocycles. The largest absolute Gasteiger partial charge is 0.309 e. The molecule has 0 N–H and O–H groups in total. The van der Waals surface area contributed by atoms with E-state index >= 15 is 0 Å². The molecular formula is C43H27N3. The molecule has 0 saturated heterocycles. The zero-order chi connectivity index (χ0) is 30.6. The van der Waals surface area contributed by atoms with Crippen LogP contribution in [0, 0.1) is 11.3 Å². The molecular weight excluding hydrogens is 558 g/mol. The minimum atomic E-state index is 0.648. The van der Waals surface area contributed by atoms with Crippen molar-refractivity contribution in [3.05, 3.63) is 169 Å². The number of hydrogen-bond donors (Lipinski definition) is 0. The number of aromatic nitrogens is 2. The van der Waals surface area contributed by atoms with Crippen molar-refractivity contribution in [2.75, 3.05) is 0 Å². The summed E-state index contributed by atoms with van der Waals surface area (Å²) in [5.41, 5.74) is 12.1. The summed E-state index contributed by atoms with van der Waals surface area (Å²) in [7, 11) is 0. The summed E-state index contributed by atoms with van der Waals surface area (Å²) in [5, 5.41) is 14.5. The van der Waals surface area contributed by atoms with Gasteiger partial charge in [-0.25, -0.2) is 0 Å². The van der Waals surface area contributed by atoms with Gasteiger partial charge in [0.1, 0.15) is 0 Å². The van der Waals surface area contributed by atoms with Crippen molar-refractivity contribution in [1.82, 2.24) is 9.13 Å². The van der Waals surface area contributed by atoms with Crippen LogP contribution >= 0.6 is 0 Å². The van der Waals surface area contributed by atoms with Gasteiger partial charge < -0.3 is 9.13 Å². The van der Waals surface area contributed by atoms with Crippen LogP contribution in [0.15, 0.2) is 164 Å². The quantitative estimate of drug-likeness (QED) is 0.202. The van der Waals surface area contributed by atoms with E-state index in [4.69, 9.17) is 0 Å². The second-order valence-corrected chi connectivity index (χ2v) is 11.7. The fourth-order valence-electron chi connectivity index (χ4n) is 7.20. The molecule has 46 heavy (non-hydrogen) atoms. The predicted octanol–water partition coefficient (Wildman–Crippen LogP) is 11.1. The molecule has 0 bridgehead atoms. The van der Waals surface area contributed by atoms with Crippen LogP contribution in [-0.4, -0.2) is 9.13 Å². The van der Waals surface area contributed by atoms with Crippen molar-refractivity contribution in [2.45, 2.75) is 0 Å². The molecule has 214 valence electrons. The molecule has 0 aliphatic carbocycles. The third kappa shape index (κ3) is 3.91. The lowest BCUT2D eigenvalue weighted by Crippen LogP contribution is -1.95. The van der Waals surface area contributed by atoms with E-state index in [1.165, 1.54) is 49.3 Å². The molecule has 0 atom stereocenters. The maximum Gasteiger partial charge on any atom is 0.0992 e. The first-order valence-corrected chi connectivity index (χ1v) is 15.5. The van der Waals surface area contributed by atoms with Crippen molar-refractivity contribution >= 4 is 43.6 Å². The Bertz CT molecular complexity index is 2650. The second kappa shape index (κ2) is 10.4. The lowest BCUT2D eigenvalue weighted by molar-refractivity contribution is 1.18. The van der Waals surface area contributed by atoms with Crippen LogP contribution in [0.5, 0.6) is 0 Å². The van der Waals surface area contributed by atoms with Gasteiger partial charge >= 0.3 is 0 Å². The summed E-state index contributed by atoms with van der Waals surface area (Å²) < 4.78 is 4.67. The molecule has 3 nitrogen and oxygen atoms in total. The molecule has 0 unspecified atom stereocenters. The Morgan fingerprint density at radius 1 is 0.413 bits per heavy atom. The number of fused-ring (bicyclic) bond motifs is 6. The fraction of sp³-hybridized carbons (Fsp3) is 0. The number of hydrogen-bond acceptors (Lipinski definition) is 1. The topological polar surface area (TPSA) is 33.6 Å². The number of para-hydroxylation sites is 4. The van der Waals surface area contributed by atoms with Crippen LogP contribution in [0.2, 0.25) is 0 Å². The molecule has 0 amide bonds. The van der Waals surface area contributed by atoms with E-state index in [-0.39, 0.29) is 0 Å². The molecule has 0 saturated carbocycles. The Morgan fingerprint density at radius 2 is 1.00 bits per heavy atom. The van der Waals surface area contributed by atoms with Gasteiger partial charge in [-0.05, 0) is 71.3 Å². The first kappa shape index (κ1) is 26.1. The summed E-state index contributed by atoms with van der Waals surface area (Å²) in [5.74, 6) is 0. The van der Waals surface area contributed by atoms with Gasteiger partial charge in [0.2, 0.25) is 0 Å². The molecule has 0 aliphatic rings. The average molecular weight is 586 g/mol. The van der Waals surface area contributed by atoms with E-state index in [1.807, 2.05) is 18.2 Å². The van der Waals surface area contributed by atoms with Crippen LogP contribution in [0.3, 0.4) is 0 Å². The molecule has 0 radical (unpaired) electrons. The standard InChI is InChI=1S/C43H27N3/c44-28-29-12-8-17-33(26-29)45-40-24-7-5-19-38(40)42-34(20-11-25-41(42)45)30-13-9-14-31(27-30)35-21-10-22-37-36-18-4-6-23-39(36)46(43(35)37)32-15-2-1-3-16-32/h1-27H. The van der Waals surface area contributed by atoms with Crippen LogP contribution in [0.4, 0.5) is 0 Å². The van der Waals surface area contributed by atoms with Crippen molar-refractivity contribution in [2.24, 2.45) is 0 Å². The van der Waals surface area contributed by atoms with Crippen LogP contribution in [0.1, 0.15) is 5.56 Å². The lowest BCUT2D eigenvalue weighted by Gasteiger charge is -2.13. The molecule has 9 aromatic rings. The lowest BCUT2D eigenvalue weighted by atomic mass is 9.95. The molecule has 0 fully saturated rings. The zero-order valence-corrected chi connectivity index (χ0v) is 24.9. The van der Waals surface area contributed by atoms with Gasteiger partial charge in [-0.3, -0.25) is 0 Å². The van der Waals surface area contributed by atoms with Crippen molar-refractivity contribution in [3.8, 4) is 39.7 Å². The maximum absolute atomic E-state index is 9.63. The number of nitrogens with zero attached hydrogens (tertiary/aromatic N) is 3. The predicted molar refractivity (Wildman–Crippen MR) is 191 cm³/mol. The second-order valence-electron chi connectivity index (χ2n) is 11.7. The van der Waals surface area contributed by atoms with E-state index in [2.05, 4.69) is 161 Å². The first-order valence-electron chi connectivity index (χ1n) is 15.5. The zero-order valence-electron chi connectivity index (χ0n) is 24.9. The van der Waals surface area contributed by atoms with E-state index < -0.39 is 0 Å². The summed E-state index contributed by atoms with van der Waals surface area (Å²) in [6, 6.07) is 60.2. The van der Waals surface area contributed by atoms with Gasteiger partial charge in [-0.2, -0.15) is 5.26 Å². The normalized spacial score (nSPS) is 11.5. The third-order valence-corrected chi connectivity index (χ3v) is 9.12. The van der Waals surface area contributed by atoms with Gasteiger partial charge in [0.05, 0.1) is 33.7 Å². The Labute approximate surface area is 266 Å². The fourth-order valence-corrected chi connectivity index (χ4v) is 7.20. The van der Waals surface area contributed by atoms with E-state index in [0.717, 1.165) is 28.0 Å². The Morgan fingerprint density at radius 3 is 1.83 bits per heavy atom. The minimum absolute atomic E-state index is 0.648. The molecule has 2 aromatic heterocycles. The molecule has 2 heterocycles. The number of rotatable bonds is 4. The summed E-state index contributed by atoms with van der Waals surface area (Å²) in [4.78, 5) is 0. The number of benzene rings is 7. The van der Waals surface area contributed by atoms with E-state index in [0.29, 0.717) is 5.56 Å². The SMILES string of the molecule is N#Cc1cccc(-n2c3ccccc3c3c(-c4cccc(-c5cccc6c7ccccc7n(-c7ccccc7)c56)c4)cccc32)c1. The van der Waals surface area contributed by atoms with Gasteiger partial charge in [0, 0.05) is 38.5 Å². The molecule has 9 rings (SSSR count). The highest BCUT2D eigenvalue weighted by atomic mass is 15.0. The minimum Gasteiger partial charge on any atom is -0.309 e. The smallest absolute Gasteiger partial charge is 0.0992 e. The van der Waals surface area contributed by atoms with Crippen molar-refractivity contribution in [3.63, 3.8) is 0 Å². The summed E-state index contributed by atoms with van der Waals surface area (Å²) in [6.07, 6.45) is 0. The molecule has 0 spiro atoms. The Kier molecular flexibility index (Phi) is 5.88. The maximum atomic E-state index is 9.63. The summed E-state index contributed by atoms with van der Waals surface area (Å²) >= 11 is 0. The van der Waals surface area contributed by atoms with E-state index in [9.17, 15) is 5.26 Å². The molecule has 7 aromatic carbocycles. The molecule has 3 heteroatoms.